The molecule has 5 nitrogen and oxygen atoms in total. The maximum absolute atomic E-state index is 12.9. The van der Waals surface area contributed by atoms with Gasteiger partial charge in [-0.1, -0.05) is 36.8 Å². The number of esters is 1. The van der Waals surface area contributed by atoms with E-state index in [-0.39, 0.29) is 17.9 Å². The lowest BCUT2D eigenvalue weighted by Crippen LogP contribution is -2.49. The molecule has 136 valence electrons. The minimum absolute atomic E-state index is 0.0503. The van der Waals surface area contributed by atoms with Crippen LogP contribution < -0.4 is 11.1 Å². The zero-order chi connectivity index (χ0) is 17.8. The quantitative estimate of drug-likeness (QED) is 0.805. The highest BCUT2D eigenvalue weighted by molar-refractivity contribution is 5.86. The van der Waals surface area contributed by atoms with E-state index in [1.165, 1.54) is 6.42 Å². The number of rotatable bonds is 5. The Morgan fingerprint density at radius 1 is 1.20 bits per heavy atom. The molecule has 2 aliphatic carbocycles. The molecule has 0 heterocycles. The minimum Gasteiger partial charge on any atom is -0.464 e. The molecule has 0 aliphatic heterocycles. The normalized spacial score (nSPS) is 29.5. The molecule has 2 aliphatic rings. The Morgan fingerprint density at radius 2 is 1.84 bits per heavy atom. The summed E-state index contributed by atoms with van der Waals surface area (Å²) < 4.78 is 5.16. The van der Waals surface area contributed by atoms with E-state index in [2.05, 4.69) is 5.32 Å². The van der Waals surface area contributed by atoms with Crippen LogP contribution in [0, 0.1) is 17.8 Å². The molecule has 3 rings (SSSR count). The van der Waals surface area contributed by atoms with Gasteiger partial charge in [0.1, 0.15) is 0 Å². The van der Waals surface area contributed by atoms with Gasteiger partial charge < -0.3 is 15.8 Å². The molecule has 0 spiro atoms. The van der Waals surface area contributed by atoms with Crippen molar-refractivity contribution in [3.63, 3.8) is 0 Å². The van der Waals surface area contributed by atoms with Gasteiger partial charge >= 0.3 is 5.97 Å². The van der Waals surface area contributed by atoms with Gasteiger partial charge in [0.05, 0.1) is 6.61 Å². The molecule has 25 heavy (non-hydrogen) atoms. The maximum Gasteiger partial charge on any atom is 0.333 e. The van der Waals surface area contributed by atoms with E-state index < -0.39 is 12.0 Å². The van der Waals surface area contributed by atoms with Gasteiger partial charge in [0, 0.05) is 12.0 Å². The summed E-state index contributed by atoms with van der Waals surface area (Å²) in [5, 5.41) is 2.94. The number of amides is 1. The highest BCUT2D eigenvalue weighted by atomic mass is 16.5. The average molecular weight is 344 g/mol. The fourth-order valence-corrected chi connectivity index (χ4v) is 4.41. The van der Waals surface area contributed by atoms with Gasteiger partial charge in [0.25, 0.3) is 0 Å². The van der Waals surface area contributed by atoms with E-state index >= 15 is 0 Å². The first kappa shape index (κ1) is 17.9. The van der Waals surface area contributed by atoms with Gasteiger partial charge in [-0.2, -0.15) is 0 Å². The summed E-state index contributed by atoms with van der Waals surface area (Å²) in [6.45, 7) is 2.06. The highest BCUT2D eigenvalue weighted by Gasteiger charge is 2.41. The number of carbonyl (C=O) groups excluding carboxylic acids is 2. The molecular formula is C20H28N2O3. The summed E-state index contributed by atoms with van der Waals surface area (Å²) >= 11 is 0. The van der Waals surface area contributed by atoms with Crippen molar-refractivity contribution < 1.29 is 14.3 Å². The molecule has 2 saturated carbocycles. The molecule has 5 heteroatoms. The van der Waals surface area contributed by atoms with Gasteiger partial charge in [-0.15, -0.1) is 0 Å². The third kappa shape index (κ3) is 4.03. The minimum atomic E-state index is -0.746. The van der Waals surface area contributed by atoms with Crippen molar-refractivity contribution in [3.8, 4) is 0 Å². The third-order valence-corrected chi connectivity index (χ3v) is 5.73. The molecule has 3 atom stereocenters. The fourth-order valence-electron chi connectivity index (χ4n) is 4.41. The molecule has 0 saturated heterocycles. The van der Waals surface area contributed by atoms with Gasteiger partial charge in [-0.05, 0) is 50.0 Å². The lowest BCUT2D eigenvalue weighted by atomic mass is 9.65. The van der Waals surface area contributed by atoms with Crippen molar-refractivity contribution >= 4 is 11.9 Å². The Bertz CT molecular complexity index is 590. The van der Waals surface area contributed by atoms with Gasteiger partial charge in [-0.3, -0.25) is 4.79 Å². The van der Waals surface area contributed by atoms with Crippen LogP contribution in [-0.2, 0) is 14.3 Å². The molecule has 2 bridgehead atoms. The van der Waals surface area contributed by atoms with Crippen LogP contribution in [-0.4, -0.2) is 24.5 Å². The maximum atomic E-state index is 12.9. The van der Waals surface area contributed by atoms with Crippen LogP contribution in [0.25, 0.3) is 0 Å². The number of hydrogen-bond donors (Lipinski definition) is 2. The molecule has 0 radical (unpaired) electrons. The summed E-state index contributed by atoms with van der Waals surface area (Å²) in [5.74, 6) is 0.346. The second-order valence-electron chi connectivity index (χ2n) is 7.30. The van der Waals surface area contributed by atoms with E-state index in [4.69, 9.17) is 10.5 Å². The van der Waals surface area contributed by atoms with Gasteiger partial charge in [0.2, 0.25) is 5.91 Å². The second kappa shape index (κ2) is 8.00. The number of benzene rings is 1. The van der Waals surface area contributed by atoms with Crippen LogP contribution in [0.2, 0.25) is 0 Å². The Labute approximate surface area is 149 Å². The van der Waals surface area contributed by atoms with Crippen LogP contribution in [0.5, 0.6) is 0 Å². The molecule has 2 fully saturated rings. The van der Waals surface area contributed by atoms with Crippen molar-refractivity contribution in [2.24, 2.45) is 23.5 Å². The number of hydrogen-bond acceptors (Lipinski definition) is 4. The Kier molecular flexibility index (Phi) is 5.74. The summed E-state index contributed by atoms with van der Waals surface area (Å²) in [5.41, 5.74) is 7.07. The predicted molar refractivity (Wildman–Crippen MR) is 95.5 cm³/mol. The summed E-state index contributed by atoms with van der Waals surface area (Å²) in [4.78, 5) is 25.2. The van der Waals surface area contributed by atoms with Crippen molar-refractivity contribution in [1.82, 2.24) is 5.32 Å². The zero-order valence-corrected chi connectivity index (χ0v) is 14.8. The highest BCUT2D eigenvalue weighted by Crippen LogP contribution is 2.42. The van der Waals surface area contributed by atoms with Crippen molar-refractivity contribution in [1.29, 1.82) is 0 Å². The van der Waals surface area contributed by atoms with Gasteiger partial charge in [-0.25, -0.2) is 4.79 Å². The van der Waals surface area contributed by atoms with E-state index in [0.717, 1.165) is 31.2 Å². The number of nitrogens with one attached hydrogen (secondary N) is 1. The van der Waals surface area contributed by atoms with Crippen molar-refractivity contribution in [3.05, 3.63) is 35.9 Å². The first-order valence-electron chi connectivity index (χ1n) is 9.37. The smallest absolute Gasteiger partial charge is 0.333 e. The number of fused-ring (bicyclic) bond motifs is 2. The second-order valence-corrected chi connectivity index (χ2v) is 7.30. The SMILES string of the molecule is CCOC(=O)[C@H](NC(=O)C1CC2CCCC(C1)C2N)c1ccccc1. The first-order valence-corrected chi connectivity index (χ1v) is 9.37. The van der Waals surface area contributed by atoms with Crippen LogP contribution in [0.3, 0.4) is 0 Å². The summed E-state index contributed by atoms with van der Waals surface area (Å²) in [6, 6.07) is 8.77. The van der Waals surface area contributed by atoms with Gasteiger partial charge in [0.15, 0.2) is 6.04 Å². The molecular weight excluding hydrogens is 316 g/mol. The topological polar surface area (TPSA) is 81.4 Å². The standard InChI is InChI=1S/C20H28N2O3/c1-2-25-20(24)18(13-7-4-3-5-8-13)22-19(23)16-11-14-9-6-10-15(12-16)17(14)21/h3-5,7-8,14-18H,2,6,9-12,21H2,1H3,(H,22,23)/t14?,15?,16?,17?,18-/m1/s1. The largest absolute Gasteiger partial charge is 0.464 e. The molecule has 0 aromatic heterocycles. The fraction of sp³-hybridized carbons (Fsp3) is 0.600. The Hall–Kier alpha value is -1.88. The number of carbonyl (C=O) groups is 2. The molecule has 3 N–H and O–H groups in total. The van der Waals surface area contributed by atoms with E-state index in [1.807, 2.05) is 30.3 Å². The summed E-state index contributed by atoms with van der Waals surface area (Å²) in [6.07, 6.45) is 5.09. The third-order valence-electron chi connectivity index (χ3n) is 5.73. The average Bonchev–Trinajstić information content (AvgIpc) is 2.60. The van der Waals surface area contributed by atoms with Crippen LogP contribution in [0.15, 0.2) is 30.3 Å². The lowest BCUT2D eigenvalue weighted by Gasteiger charge is -2.43. The van der Waals surface area contributed by atoms with E-state index in [9.17, 15) is 9.59 Å². The van der Waals surface area contributed by atoms with Crippen molar-refractivity contribution in [2.75, 3.05) is 6.61 Å². The van der Waals surface area contributed by atoms with E-state index in [1.54, 1.807) is 6.92 Å². The molecule has 1 amide bonds. The molecule has 1 aromatic rings. The van der Waals surface area contributed by atoms with Crippen LogP contribution in [0.4, 0.5) is 0 Å². The number of ether oxygens (including phenoxy) is 1. The Morgan fingerprint density at radius 3 is 2.44 bits per heavy atom. The van der Waals surface area contributed by atoms with Crippen LogP contribution in [0.1, 0.15) is 50.6 Å². The Balaban J connectivity index is 1.71. The zero-order valence-electron chi connectivity index (χ0n) is 14.8. The monoisotopic (exact) mass is 344 g/mol. The molecule has 1 aromatic carbocycles. The van der Waals surface area contributed by atoms with Crippen molar-refractivity contribution in [2.45, 2.75) is 51.1 Å². The number of nitrogens with two attached hydrogens (primary N) is 1. The first-order chi connectivity index (χ1) is 12.1. The van der Waals surface area contributed by atoms with E-state index in [0.29, 0.717) is 18.4 Å². The predicted octanol–water partition coefficient (Wildman–Crippen LogP) is 2.56. The molecule has 2 unspecified atom stereocenters. The summed E-state index contributed by atoms with van der Waals surface area (Å²) in [7, 11) is 0. The lowest BCUT2D eigenvalue weighted by molar-refractivity contribution is -0.148. The van der Waals surface area contributed by atoms with Crippen LogP contribution >= 0.6 is 0 Å².